The number of aryl methyl sites for hydroxylation is 2. The van der Waals surface area contributed by atoms with Crippen molar-refractivity contribution in [2.24, 2.45) is 5.92 Å². The van der Waals surface area contributed by atoms with Gasteiger partial charge in [0.05, 0.1) is 6.10 Å². The molecule has 2 nitrogen and oxygen atoms in total. The highest BCUT2D eigenvalue weighted by Crippen LogP contribution is 2.38. The number of nitrogens with zero attached hydrogens (tertiary/aromatic N) is 1. The zero-order valence-corrected chi connectivity index (χ0v) is 16.5. The minimum atomic E-state index is -0.372. The van der Waals surface area contributed by atoms with Crippen molar-refractivity contribution in [3.8, 4) is 0 Å². The summed E-state index contributed by atoms with van der Waals surface area (Å²) in [5.74, 6) is 0.875. The fourth-order valence-electron chi connectivity index (χ4n) is 6.21. The Morgan fingerprint density at radius 3 is 2.63 bits per heavy atom. The lowest BCUT2D eigenvalue weighted by atomic mass is 9.78. The van der Waals surface area contributed by atoms with E-state index in [0.717, 1.165) is 12.5 Å². The highest BCUT2D eigenvalue weighted by Gasteiger charge is 2.34. The van der Waals surface area contributed by atoms with Crippen LogP contribution in [0.4, 0.5) is 0 Å². The molecule has 1 saturated heterocycles. The minimum Gasteiger partial charge on any atom is -0.387 e. The van der Waals surface area contributed by atoms with Crippen LogP contribution >= 0.6 is 0 Å². The Bertz CT molecular complexity index is 811. The van der Waals surface area contributed by atoms with Gasteiger partial charge in [-0.25, -0.2) is 0 Å². The zero-order chi connectivity index (χ0) is 18.2. The molecule has 0 amide bonds. The van der Waals surface area contributed by atoms with E-state index < -0.39 is 0 Å². The van der Waals surface area contributed by atoms with E-state index in [-0.39, 0.29) is 6.10 Å². The van der Waals surface area contributed by atoms with Gasteiger partial charge in [-0.15, -0.1) is 0 Å². The summed E-state index contributed by atoms with van der Waals surface area (Å²) in [6.07, 6.45) is 12.8. The van der Waals surface area contributed by atoms with Crippen molar-refractivity contribution in [1.29, 1.82) is 0 Å². The number of aliphatic hydroxyl groups excluding tert-OH is 1. The Morgan fingerprint density at radius 2 is 1.70 bits per heavy atom. The number of benzene rings is 2. The summed E-state index contributed by atoms with van der Waals surface area (Å²) in [6.45, 7) is 1.98. The highest BCUT2D eigenvalue weighted by molar-refractivity contribution is 5.90. The SMILES string of the molecule is O[C@H](CN1CCC[C@H]2CCCC[C@@H]21)c1cc2c(c3ccccc13)CCCC2. The molecule has 2 aromatic carbocycles. The summed E-state index contributed by atoms with van der Waals surface area (Å²) < 4.78 is 0. The molecule has 144 valence electrons. The van der Waals surface area contributed by atoms with E-state index in [1.807, 2.05) is 0 Å². The third-order valence-corrected chi connectivity index (χ3v) is 7.53. The van der Waals surface area contributed by atoms with Gasteiger partial charge in [-0.1, -0.05) is 43.2 Å². The first-order valence-corrected chi connectivity index (χ1v) is 11.3. The molecule has 5 rings (SSSR count). The molecule has 2 heteroatoms. The monoisotopic (exact) mass is 363 g/mol. The van der Waals surface area contributed by atoms with E-state index in [1.165, 1.54) is 98.2 Å². The van der Waals surface area contributed by atoms with Crippen molar-refractivity contribution in [2.75, 3.05) is 13.1 Å². The van der Waals surface area contributed by atoms with Gasteiger partial charge >= 0.3 is 0 Å². The summed E-state index contributed by atoms with van der Waals surface area (Å²) >= 11 is 0. The van der Waals surface area contributed by atoms with Gasteiger partial charge in [0, 0.05) is 12.6 Å². The molecule has 0 unspecified atom stereocenters. The summed E-state index contributed by atoms with van der Waals surface area (Å²) in [4.78, 5) is 2.63. The molecular weight excluding hydrogens is 330 g/mol. The average molecular weight is 364 g/mol. The molecule has 3 aliphatic rings. The van der Waals surface area contributed by atoms with Gasteiger partial charge < -0.3 is 5.11 Å². The van der Waals surface area contributed by atoms with E-state index in [4.69, 9.17) is 0 Å². The first-order valence-electron chi connectivity index (χ1n) is 11.3. The van der Waals surface area contributed by atoms with Crippen LogP contribution in [0.15, 0.2) is 30.3 Å². The van der Waals surface area contributed by atoms with E-state index in [1.54, 1.807) is 0 Å². The van der Waals surface area contributed by atoms with Crippen LogP contribution < -0.4 is 0 Å². The Morgan fingerprint density at radius 1 is 0.926 bits per heavy atom. The zero-order valence-electron chi connectivity index (χ0n) is 16.5. The van der Waals surface area contributed by atoms with Crippen molar-refractivity contribution < 1.29 is 5.11 Å². The van der Waals surface area contributed by atoms with Crippen molar-refractivity contribution in [1.82, 2.24) is 4.90 Å². The molecule has 1 heterocycles. The molecule has 0 spiro atoms. The lowest BCUT2D eigenvalue weighted by Gasteiger charge is -2.45. The third kappa shape index (κ3) is 3.32. The fraction of sp³-hybridized carbons (Fsp3) is 0.600. The van der Waals surface area contributed by atoms with Crippen LogP contribution in [0.25, 0.3) is 10.8 Å². The van der Waals surface area contributed by atoms with Crippen LogP contribution in [0, 0.1) is 5.92 Å². The molecule has 1 aliphatic heterocycles. The number of fused-ring (bicyclic) bond motifs is 4. The van der Waals surface area contributed by atoms with Crippen LogP contribution in [0.2, 0.25) is 0 Å². The summed E-state index contributed by atoms with van der Waals surface area (Å²) in [5.41, 5.74) is 4.20. The molecular formula is C25H33NO. The molecule has 27 heavy (non-hydrogen) atoms. The first-order chi connectivity index (χ1) is 13.3. The molecule has 0 radical (unpaired) electrons. The second kappa shape index (κ2) is 7.56. The van der Waals surface area contributed by atoms with E-state index in [9.17, 15) is 5.11 Å². The second-order valence-corrected chi connectivity index (χ2v) is 9.12. The van der Waals surface area contributed by atoms with Crippen LogP contribution in [0.3, 0.4) is 0 Å². The van der Waals surface area contributed by atoms with Crippen LogP contribution in [-0.4, -0.2) is 29.1 Å². The normalized spacial score (nSPS) is 27.1. The van der Waals surface area contributed by atoms with Gasteiger partial charge in [-0.3, -0.25) is 4.90 Å². The maximum atomic E-state index is 11.3. The Kier molecular flexibility index (Phi) is 4.96. The molecule has 3 atom stereocenters. The number of aliphatic hydroxyl groups is 1. The lowest BCUT2D eigenvalue weighted by Crippen LogP contribution is -2.48. The van der Waals surface area contributed by atoms with E-state index in [2.05, 4.69) is 35.2 Å². The maximum absolute atomic E-state index is 11.3. The summed E-state index contributed by atoms with van der Waals surface area (Å²) in [5, 5.41) is 14.0. The minimum absolute atomic E-state index is 0.372. The quantitative estimate of drug-likeness (QED) is 0.788. The summed E-state index contributed by atoms with van der Waals surface area (Å²) in [6, 6.07) is 11.8. The molecule has 0 bridgehead atoms. The third-order valence-electron chi connectivity index (χ3n) is 7.53. The molecule has 1 N–H and O–H groups in total. The van der Waals surface area contributed by atoms with Gasteiger partial charge in [-0.2, -0.15) is 0 Å². The molecule has 2 aliphatic carbocycles. The number of likely N-dealkylation sites (tertiary alicyclic amines) is 1. The lowest BCUT2D eigenvalue weighted by molar-refractivity contribution is 0.0209. The highest BCUT2D eigenvalue weighted by atomic mass is 16.3. The van der Waals surface area contributed by atoms with Gasteiger partial charge in [0.15, 0.2) is 0 Å². The Labute approximate surface area is 163 Å². The molecule has 2 aromatic rings. The predicted octanol–water partition coefficient (Wildman–Crippen LogP) is 5.41. The topological polar surface area (TPSA) is 23.5 Å². The Hall–Kier alpha value is -1.38. The molecule has 0 aromatic heterocycles. The van der Waals surface area contributed by atoms with Crippen LogP contribution in [0.1, 0.15) is 74.2 Å². The molecule has 2 fully saturated rings. The van der Waals surface area contributed by atoms with E-state index in [0.29, 0.717) is 6.04 Å². The standard InChI is InChI=1S/C25H33NO/c27-25(17-26-15-7-10-18-8-2-6-14-24(18)26)23-16-19-9-1-3-11-20(19)21-12-4-5-13-22(21)23/h4-5,12-13,16,18,24-25,27H,1-3,6-11,14-15,17H2/t18-,24+,25-/m1/s1. The van der Waals surface area contributed by atoms with E-state index >= 15 is 0 Å². The predicted molar refractivity (Wildman–Crippen MR) is 112 cm³/mol. The average Bonchev–Trinajstić information content (AvgIpc) is 2.73. The van der Waals surface area contributed by atoms with Crippen molar-refractivity contribution in [2.45, 2.75) is 76.4 Å². The number of hydrogen-bond acceptors (Lipinski definition) is 2. The van der Waals surface area contributed by atoms with Crippen LogP contribution in [0.5, 0.6) is 0 Å². The van der Waals surface area contributed by atoms with Crippen LogP contribution in [-0.2, 0) is 12.8 Å². The van der Waals surface area contributed by atoms with Gasteiger partial charge in [-0.05, 0) is 91.3 Å². The maximum Gasteiger partial charge on any atom is 0.0923 e. The number of piperidine rings is 1. The smallest absolute Gasteiger partial charge is 0.0923 e. The number of β-amino-alcohol motifs (C(OH)–C–C–N with tert-alkyl or cyclic N) is 1. The van der Waals surface area contributed by atoms with Crippen molar-refractivity contribution in [3.05, 3.63) is 47.0 Å². The Balaban J connectivity index is 1.46. The van der Waals surface area contributed by atoms with Crippen molar-refractivity contribution in [3.63, 3.8) is 0 Å². The summed E-state index contributed by atoms with van der Waals surface area (Å²) in [7, 11) is 0. The number of hydrogen-bond donors (Lipinski definition) is 1. The first kappa shape index (κ1) is 17.7. The second-order valence-electron chi connectivity index (χ2n) is 9.12. The number of rotatable bonds is 3. The van der Waals surface area contributed by atoms with Gasteiger partial charge in [0.25, 0.3) is 0 Å². The van der Waals surface area contributed by atoms with Gasteiger partial charge in [0.1, 0.15) is 0 Å². The largest absolute Gasteiger partial charge is 0.387 e. The fourth-order valence-corrected chi connectivity index (χ4v) is 6.21. The molecule has 1 saturated carbocycles. The van der Waals surface area contributed by atoms with Gasteiger partial charge in [0.2, 0.25) is 0 Å². The van der Waals surface area contributed by atoms with Crippen molar-refractivity contribution >= 4 is 10.8 Å².